The maximum atomic E-state index is 13.5. The summed E-state index contributed by atoms with van der Waals surface area (Å²) >= 11 is 1.61. The topological polar surface area (TPSA) is 94.6 Å². The molecule has 4 atom stereocenters. The van der Waals surface area contributed by atoms with Gasteiger partial charge in [-0.3, -0.25) is 9.59 Å². The van der Waals surface area contributed by atoms with Crippen LogP contribution in [0, 0.1) is 12.3 Å². The third-order valence-corrected chi connectivity index (χ3v) is 7.23. The molecule has 0 spiro atoms. The van der Waals surface area contributed by atoms with Crippen molar-refractivity contribution in [3.8, 4) is 10.4 Å². The van der Waals surface area contributed by atoms with Crippen LogP contribution in [0.25, 0.3) is 10.4 Å². The molecule has 8 heteroatoms. The first-order chi connectivity index (χ1) is 15.9. The number of nitrogens with one attached hydrogen (secondary N) is 2. The van der Waals surface area contributed by atoms with E-state index in [1.165, 1.54) is 0 Å². The first kappa shape index (κ1) is 26.3. The number of nitrogens with zero attached hydrogens (tertiary/aromatic N) is 2. The van der Waals surface area contributed by atoms with Crippen LogP contribution in [0.1, 0.15) is 65.3 Å². The number of aromatic nitrogens is 1. The molecule has 1 aliphatic rings. The molecule has 34 heavy (non-hydrogen) atoms. The fourth-order valence-electron chi connectivity index (χ4n) is 4.39. The number of carbonyl (C=O) groups is 2. The molecule has 3 N–H and O–H groups in total. The van der Waals surface area contributed by atoms with Crippen molar-refractivity contribution in [1.29, 1.82) is 0 Å². The predicted molar refractivity (Wildman–Crippen MR) is 136 cm³/mol. The highest BCUT2D eigenvalue weighted by Crippen LogP contribution is 2.29. The minimum atomic E-state index is -0.711. The number of hydrogen-bond donors (Lipinski definition) is 3. The van der Waals surface area contributed by atoms with Gasteiger partial charge in [-0.15, -0.1) is 11.3 Å². The van der Waals surface area contributed by atoms with Crippen LogP contribution in [0.15, 0.2) is 29.8 Å². The first-order valence-electron chi connectivity index (χ1n) is 11.9. The van der Waals surface area contributed by atoms with Crippen molar-refractivity contribution >= 4 is 23.2 Å². The van der Waals surface area contributed by atoms with Gasteiger partial charge in [0.2, 0.25) is 11.8 Å². The van der Waals surface area contributed by atoms with Gasteiger partial charge in [0.15, 0.2) is 0 Å². The van der Waals surface area contributed by atoms with Gasteiger partial charge in [0.1, 0.15) is 6.04 Å². The van der Waals surface area contributed by atoms with Crippen LogP contribution in [0.5, 0.6) is 0 Å². The average molecular weight is 487 g/mol. The molecular weight excluding hydrogens is 448 g/mol. The van der Waals surface area contributed by atoms with Gasteiger partial charge in [-0.25, -0.2) is 4.98 Å². The summed E-state index contributed by atoms with van der Waals surface area (Å²) in [5.74, 6) is -0.383. The second kappa shape index (κ2) is 10.5. The number of rotatable bonds is 7. The molecule has 1 unspecified atom stereocenters. The minimum Gasteiger partial charge on any atom is -0.391 e. The van der Waals surface area contributed by atoms with Crippen molar-refractivity contribution in [3.05, 3.63) is 41.0 Å². The Labute approximate surface area is 207 Å². The van der Waals surface area contributed by atoms with Gasteiger partial charge in [0.05, 0.1) is 34.3 Å². The van der Waals surface area contributed by atoms with Gasteiger partial charge in [-0.05, 0) is 30.4 Å². The van der Waals surface area contributed by atoms with E-state index in [1.807, 2.05) is 78.2 Å². The van der Waals surface area contributed by atoms with Gasteiger partial charge in [0.25, 0.3) is 0 Å². The van der Waals surface area contributed by atoms with Crippen LogP contribution in [0.2, 0.25) is 0 Å². The number of aryl methyl sites for hydroxylation is 1. The Morgan fingerprint density at radius 1 is 1.18 bits per heavy atom. The van der Waals surface area contributed by atoms with E-state index < -0.39 is 18.2 Å². The van der Waals surface area contributed by atoms with E-state index in [2.05, 4.69) is 15.6 Å². The van der Waals surface area contributed by atoms with Crippen molar-refractivity contribution in [2.45, 2.75) is 85.2 Å². The first-order valence-corrected chi connectivity index (χ1v) is 12.8. The zero-order valence-electron chi connectivity index (χ0n) is 21.3. The number of amides is 2. The number of hydrogen-bond acceptors (Lipinski definition) is 6. The van der Waals surface area contributed by atoms with Crippen LogP contribution in [-0.4, -0.2) is 57.6 Å². The van der Waals surface area contributed by atoms with Crippen molar-refractivity contribution in [1.82, 2.24) is 20.5 Å². The van der Waals surface area contributed by atoms with Crippen molar-refractivity contribution in [2.75, 3.05) is 6.54 Å². The average Bonchev–Trinajstić information content (AvgIpc) is 3.36. The second-order valence-electron chi connectivity index (χ2n) is 10.6. The van der Waals surface area contributed by atoms with E-state index >= 15 is 0 Å². The number of β-amino-alcohol motifs (C(OH)–C–C–N with tert-alkyl or cyclic N) is 1. The van der Waals surface area contributed by atoms with Crippen LogP contribution in [-0.2, 0) is 9.59 Å². The van der Waals surface area contributed by atoms with Gasteiger partial charge >= 0.3 is 0 Å². The quantitative estimate of drug-likeness (QED) is 0.555. The standard InChI is InChI=1S/C26H38N4O3S/c1-15(2)28-23(26(5,6)7)25(33)30-13-20(31)12-21(30)24(32)29-16(3)18-8-10-19(11-9-18)22-17(4)27-14-34-22/h8-11,14-16,20-21,23,28,31H,12-13H2,1-7H3,(H,29,32)/t16-,20+,21?,23-/m0/s1. The lowest BCUT2D eigenvalue weighted by Crippen LogP contribution is -2.57. The van der Waals surface area contributed by atoms with E-state index in [4.69, 9.17) is 0 Å². The lowest BCUT2D eigenvalue weighted by atomic mass is 9.85. The monoisotopic (exact) mass is 486 g/mol. The molecule has 1 aromatic heterocycles. The zero-order valence-corrected chi connectivity index (χ0v) is 22.1. The van der Waals surface area contributed by atoms with E-state index in [9.17, 15) is 14.7 Å². The summed E-state index contributed by atoms with van der Waals surface area (Å²) in [6.45, 7) is 14.1. The zero-order chi connectivity index (χ0) is 25.2. The molecule has 2 aromatic rings. The number of likely N-dealkylation sites (tertiary alicyclic amines) is 1. The molecular formula is C26H38N4O3S. The fourth-order valence-corrected chi connectivity index (χ4v) is 5.20. The highest BCUT2D eigenvalue weighted by Gasteiger charge is 2.44. The molecule has 0 aliphatic carbocycles. The molecule has 1 saturated heterocycles. The number of aliphatic hydroxyl groups is 1. The second-order valence-corrected chi connectivity index (χ2v) is 11.5. The molecule has 2 amide bonds. The Kier molecular flexibility index (Phi) is 8.16. The van der Waals surface area contributed by atoms with E-state index in [1.54, 1.807) is 16.2 Å². The van der Waals surface area contributed by atoms with E-state index in [0.29, 0.717) is 0 Å². The summed E-state index contributed by atoms with van der Waals surface area (Å²) in [6, 6.07) is 6.84. The molecule has 0 bridgehead atoms. The van der Waals surface area contributed by atoms with Crippen LogP contribution < -0.4 is 10.6 Å². The van der Waals surface area contributed by atoms with Gasteiger partial charge in [0, 0.05) is 19.0 Å². The van der Waals surface area contributed by atoms with Crippen molar-refractivity contribution in [3.63, 3.8) is 0 Å². The molecule has 186 valence electrons. The Morgan fingerprint density at radius 3 is 2.35 bits per heavy atom. The third kappa shape index (κ3) is 6.03. The Balaban J connectivity index is 1.72. The van der Waals surface area contributed by atoms with E-state index in [-0.39, 0.29) is 42.3 Å². The number of benzene rings is 1. The fraction of sp³-hybridized carbons (Fsp3) is 0.577. The van der Waals surface area contributed by atoms with E-state index in [0.717, 1.165) is 21.7 Å². The molecule has 0 saturated carbocycles. The van der Waals surface area contributed by atoms with Gasteiger partial charge in [-0.2, -0.15) is 0 Å². The predicted octanol–water partition coefficient (Wildman–Crippen LogP) is 3.67. The summed E-state index contributed by atoms with van der Waals surface area (Å²) in [5, 5.41) is 16.7. The Bertz CT molecular complexity index is 996. The lowest BCUT2D eigenvalue weighted by molar-refractivity contribution is -0.142. The SMILES string of the molecule is Cc1ncsc1-c1ccc([C@H](C)NC(=O)C2C[C@@H](O)CN2C(=O)[C@H](NC(C)C)C(C)(C)C)cc1. The summed E-state index contributed by atoms with van der Waals surface area (Å²) in [7, 11) is 0. The van der Waals surface area contributed by atoms with Crippen molar-refractivity contribution < 1.29 is 14.7 Å². The summed E-state index contributed by atoms with van der Waals surface area (Å²) in [6.07, 6.45) is -0.469. The lowest BCUT2D eigenvalue weighted by Gasteiger charge is -2.36. The van der Waals surface area contributed by atoms with Gasteiger partial charge in [-0.1, -0.05) is 58.9 Å². The highest BCUT2D eigenvalue weighted by atomic mass is 32.1. The molecule has 1 fully saturated rings. The smallest absolute Gasteiger partial charge is 0.243 e. The summed E-state index contributed by atoms with van der Waals surface area (Å²) < 4.78 is 0. The van der Waals surface area contributed by atoms with Crippen LogP contribution >= 0.6 is 11.3 Å². The van der Waals surface area contributed by atoms with Crippen LogP contribution in [0.3, 0.4) is 0 Å². The van der Waals surface area contributed by atoms with Crippen molar-refractivity contribution in [2.24, 2.45) is 5.41 Å². The van der Waals surface area contributed by atoms with Crippen LogP contribution in [0.4, 0.5) is 0 Å². The molecule has 3 rings (SSSR count). The summed E-state index contributed by atoms with van der Waals surface area (Å²) in [4.78, 5) is 33.7. The number of aliphatic hydroxyl groups excluding tert-OH is 1. The Hall–Kier alpha value is -2.29. The maximum Gasteiger partial charge on any atom is 0.243 e. The molecule has 0 radical (unpaired) electrons. The minimum absolute atomic E-state index is 0.115. The summed E-state index contributed by atoms with van der Waals surface area (Å²) in [5.41, 5.74) is 4.59. The molecule has 7 nitrogen and oxygen atoms in total. The largest absolute Gasteiger partial charge is 0.391 e. The Morgan fingerprint density at radius 2 is 1.82 bits per heavy atom. The third-order valence-electron chi connectivity index (χ3n) is 6.25. The van der Waals surface area contributed by atoms with Gasteiger partial charge < -0.3 is 20.6 Å². The highest BCUT2D eigenvalue weighted by molar-refractivity contribution is 7.13. The normalized spacial score (nSPS) is 20.4. The number of thiazole rings is 1. The maximum absolute atomic E-state index is 13.5. The number of carbonyl (C=O) groups excluding carboxylic acids is 2. The molecule has 1 aliphatic heterocycles. The molecule has 1 aromatic carbocycles. The molecule has 2 heterocycles.